The van der Waals surface area contributed by atoms with E-state index < -0.39 is 29.1 Å². The molecule has 108 valence electrons. The van der Waals surface area contributed by atoms with E-state index in [0.717, 1.165) is 12.3 Å². The monoisotopic (exact) mass is 297 g/mol. The quantitative estimate of drug-likeness (QED) is 0.742. The first-order chi connectivity index (χ1) is 9.09. The fourth-order valence-corrected chi connectivity index (χ4v) is 1.70. The van der Waals surface area contributed by atoms with Crippen LogP contribution < -0.4 is 0 Å². The summed E-state index contributed by atoms with van der Waals surface area (Å²) in [5.74, 6) is -11.7. The van der Waals surface area contributed by atoms with Gasteiger partial charge in [0.1, 0.15) is 5.69 Å². The van der Waals surface area contributed by atoms with E-state index in [2.05, 4.69) is 4.98 Å². The lowest BCUT2D eigenvalue weighted by Crippen LogP contribution is -2.50. The lowest BCUT2D eigenvalue weighted by Gasteiger charge is -2.28. The molecule has 0 fully saturated rings. The summed E-state index contributed by atoms with van der Waals surface area (Å²) in [6.45, 7) is 0. The number of alkyl halides is 7. The first kappa shape index (κ1) is 14.5. The minimum absolute atomic E-state index is 0.0927. The molecule has 0 bridgehead atoms. The molecule has 0 saturated heterocycles. The Morgan fingerprint density at radius 3 is 2.00 bits per heavy atom. The average molecular weight is 297 g/mol. The molecule has 0 spiro atoms. The molecule has 0 unspecified atom stereocenters. The predicted molar refractivity (Wildman–Crippen MR) is 56.6 cm³/mol. The number of hydrogen-bond donors (Lipinski definition) is 0. The standard InChI is InChI=1S/C12H6F7N/c13-10(14,11(15,16)12(17,18)19)9-8-4-2-1-3-7(8)5-6-20-9/h1-6H. The molecular weight excluding hydrogens is 291 g/mol. The highest BCUT2D eigenvalue weighted by atomic mass is 19.4. The second-order valence-corrected chi connectivity index (χ2v) is 4.03. The maximum atomic E-state index is 13.6. The second kappa shape index (κ2) is 4.32. The summed E-state index contributed by atoms with van der Waals surface area (Å²) in [4.78, 5) is 3.03. The zero-order chi connectivity index (χ0) is 15.2. The molecule has 0 saturated carbocycles. The number of halogens is 7. The minimum atomic E-state index is -6.38. The van der Waals surface area contributed by atoms with Crippen molar-refractivity contribution in [3.8, 4) is 0 Å². The van der Waals surface area contributed by atoms with Gasteiger partial charge in [-0.05, 0) is 11.5 Å². The summed E-state index contributed by atoms with van der Waals surface area (Å²) in [6, 6.07) is 6.24. The summed E-state index contributed by atoms with van der Waals surface area (Å²) in [6.07, 6.45) is -5.62. The third-order valence-electron chi connectivity index (χ3n) is 2.72. The van der Waals surface area contributed by atoms with Crippen molar-refractivity contribution in [3.63, 3.8) is 0 Å². The van der Waals surface area contributed by atoms with Gasteiger partial charge < -0.3 is 0 Å². The van der Waals surface area contributed by atoms with Gasteiger partial charge in [0.05, 0.1) is 0 Å². The number of benzene rings is 1. The molecule has 0 radical (unpaired) electrons. The highest BCUT2D eigenvalue weighted by Crippen LogP contribution is 2.52. The second-order valence-electron chi connectivity index (χ2n) is 4.03. The molecule has 1 aromatic heterocycles. The Balaban J connectivity index is 2.69. The third kappa shape index (κ3) is 1.99. The van der Waals surface area contributed by atoms with Crippen LogP contribution in [-0.2, 0) is 5.92 Å². The van der Waals surface area contributed by atoms with Crippen molar-refractivity contribution in [1.82, 2.24) is 4.98 Å². The van der Waals surface area contributed by atoms with E-state index >= 15 is 0 Å². The molecule has 0 aliphatic rings. The molecular formula is C12H6F7N. The predicted octanol–water partition coefficient (Wildman–Crippen LogP) is 4.52. The van der Waals surface area contributed by atoms with Crippen molar-refractivity contribution in [3.05, 3.63) is 42.2 Å². The Bertz CT molecular complexity index is 628. The van der Waals surface area contributed by atoms with Gasteiger partial charge >= 0.3 is 18.0 Å². The van der Waals surface area contributed by atoms with Crippen molar-refractivity contribution in [1.29, 1.82) is 0 Å². The van der Waals surface area contributed by atoms with Gasteiger partial charge in [0, 0.05) is 11.6 Å². The Morgan fingerprint density at radius 2 is 1.40 bits per heavy atom. The molecule has 1 nitrogen and oxygen atoms in total. The molecule has 0 N–H and O–H groups in total. The first-order valence-corrected chi connectivity index (χ1v) is 5.25. The fourth-order valence-electron chi connectivity index (χ4n) is 1.70. The van der Waals surface area contributed by atoms with Crippen LogP contribution >= 0.6 is 0 Å². The first-order valence-electron chi connectivity index (χ1n) is 5.25. The van der Waals surface area contributed by atoms with Crippen LogP contribution in [0.5, 0.6) is 0 Å². The van der Waals surface area contributed by atoms with Gasteiger partial charge in [0.2, 0.25) is 0 Å². The fraction of sp³-hybridized carbons (Fsp3) is 0.250. The largest absolute Gasteiger partial charge is 0.460 e. The van der Waals surface area contributed by atoms with E-state index in [1.54, 1.807) is 0 Å². The van der Waals surface area contributed by atoms with Crippen LogP contribution in [0.4, 0.5) is 30.7 Å². The summed E-state index contributed by atoms with van der Waals surface area (Å²) in [7, 11) is 0. The highest BCUT2D eigenvalue weighted by Gasteiger charge is 2.74. The molecule has 2 rings (SSSR count). The van der Waals surface area contributed by atoms with E-state index in [-0.39, 0.29) is 5.39 Å². The summed E-state index contributed by atoms with van der Waals surface area (Å²) >= 11 is 0. The molecule has 20 heavy (non-hydrogen) atoms. The van der Waals surface area contributed by atoms with Gasteiger partial charge in [-0.15, -0.1) is 0 Å². The van der Waals surface area contributed by atoms with Gasteiger partial charge in [0.25, 0.3) is 0 Å². The van der Waals surface area contributed by atoms with Gasteiger partial charge in [-0.25, -0.2) is 0 Å². The summed E-state index contributed by atoms with van der Waals surface area (Å²) in [5.41, 5.74) is -1.60. The van der Waals surface area contributed by atoms with Gasteiger partial charge in [-0.2, -0.15) is 30.7 Å². The van der Waals surface area contributed by atoms with Crippen LogP contribution in [-0.4, -0.2) is 17.1 Å². The molecule has 2 aromatic rings. The Labute approximate surface area is 108 Å². The van der Waals surface area contributed by atoms with Crippen LogP contribution in [0.2, 0.25) is 0 Å². The maximum Gasteiger partial charge on any atom is 0.460 e. The highest BCUT2D eigenvalue weighted by molar-refractivity contribution is 5.84. The number of hydrogen-bond acceptors (Lipinski definition) is 1. The molecule has 1 heterocycles. The smallest absolute Gasteiger partial charge is 0.254 e. The lowest BCUT2D eigenvalue weighted by atomic mass is 10.0. The lowest BCUT2D eigenvalue weighted by molar-refractivity contribution is -0.360. The van der Waals surface area contributed by atoms with Crippen molar-refractivity contribution < 1.29 is 30.7 Å². The summed E-state index contributed by atoms with van der Waals surface area (Å²) < 4.78 is 89.7. The molecule has 8 heteroatoms. The average Bonchev–Trinajstić information content (AvgIpc) is 2.36. The minimum Gasteiger partial charge on any atom is -0.254 e. The Morgan fingerprint density at radius 1 is 0.800 bits per heavy atom. The summed E-state index contributed by atoms with van der Waals surface area (Å²) in [5, 5.41) is -0.362. The molecule has 0 aliphatic heterocycles. The van der Waals surface area contributed by atoms with E-state index in [0.29, 0.717) is 0 Å². The van der Waals surface area contributed by atoms with Gasteiger partial charge in [-0.3, -0.25) is 4.98 Å². The molecule has 0 aliphatic carbocycles. The van der Waals surface area contributed by atoms with E-state index in [4.69, 9.17) is 0 Å². The third-order valence-corrected chi connectivity index (χ3v) is 2.72. The van der Waals surface area contributed by atoms with E-state index in [1.165, 1.54) is 24.3 Å². The maximum absolute atomic E-state index is 13.6. The van der Waals surface area contributed by atoms with Crippen molar-refractivity contribution in [2.45, 2.75) is 18.0 Å². The van der Waals surface area contributed by atoms with Crippen LogP contribution in [0, 0.1) is 0 Å². The van der Waals surface area contributed by atoms with Crippen LogP contribution in [0.15, 0.2) is 36.5 Å². The van der Waals surface area contributed by atoms with Crippen LogP contribution in [0.3, 0.4) is 0 Å². The van der Waals surface area contributed by atoms with E-state index in [1.807, 2.05) is 0 Å². The molecule has 1 aromatic carbocycles. The number of fused-ring (bicyclic) bond motifs is 1. The van der Waals surface area contributed by atoms with Crippen LogP contribution in [0.25, 0.3) is 10.8 Å². The van der Waals surface area contributed by atoms with Crippen molar-refractivity contribution in [2.24, 2.45) is 0 Å². The van der Waals surface area contributed by atoms with Crippen LogP contribution in [0.1, 0.15) is 5.69 Å². The zero-order valence-electron chi connectivity index (χ0n) is 9.56. The SMILES string of the molecule is FC(F)(F)C(F)(F)C(F)(F)c1nccc2ccccc12. The molecule has 0 atom stereocenters. The number of rotatable bonds is 2. The van der Waals surface area contributed by atoms with Gasteiger partial charge in [0.15, 0.2) is 0 Å². The van der Waals surface area contributed by atoms with Crippen molar-refractivity contribution >= 4 is 10.8 Å². The number of pyridine rings is 1. The zero-order valence-corrected chi connectivity index (χ0v) is 9.56. The normalized spacial score (nSPS) is 13.8. The van der Waals surface area contributed by atoms with Crippen molar-refractivity contribution in [2.75, 3.05) is 0 Å². The van der Waals surface area contributed by atoms with E-state index in [9.17, 15) is 30.7 Å². The van der Waals surface area contributed by atoms with Gasteiger partial charge in [-0.1, -0.05) is 24.3 Å². The topological polar surface area (TPSA) is 12.9 Å². The number of nitrogens with zero attached hydrogens (tertiary/aromatic N) is 1. The number of aromatic nitrogens is 1. The molecule has 0 amide bonds. The Hall–Kier alpha value is -1.86. The Kier molecular flexibility index (Phi) is 3.14.